The van der Waals surface area contributed by atoms with Crippen LogP contribution in [0.4, 0.5) is 18.9 Å². The molecule has 0 saturated heterocycles. The molecule has 1 aliphatic rings. The summed E-state index contributed by atoms with van der Waals surface area (Å²) in [5.41, 5.74) is 1.61. The third kappa shape index (κ3) is 6.27. The van der Waals surface area contributed by atoms with E-state index in [1.807, 2.05) is 12.1 Å². The first kappa shape index (κ1) is 20.2. The van der Waals surface area contributed by atoms with Gasteiger partial charge in [-0.3, -0.25) is 4.79 Å². The van der Waals surface area contributed by atoms with E-state index in [-0.39, 0.29) is 18.6 Å². The van der Waals surface area contributed by atoms with Gasteiger partial charge in [-0.15, -0.1) is 0 Å². The maximum Gasteiger partial charge on any atom is 0.411 e. The molecule has 7 heteroatoms. The van der Waals surface area contributed by atoms with E-state index in [2.05, 4.69) is 10.1 Å². The van der Waals surface area contributed by atoms with E-state index in [0.717, 1.165) is 18.6 Å². The number of carbonyl (C=O) groups excluding carboxylic acids is 1. The zero-order valence-electron chi connectivity index (χ0n) is 15.3. The average molecular weight is 393 g/mol. The number of alkyl halides is 3. The molecule has 0 radical (unpaired) electrons. The minimum Gasteiger partial charge on any atom is -0.490 e. The highest BCUT2D eigenvalue weighted by atomic mass is 19.4. The molecular formula is C21H22F3NO3. The second-order valence-electron chi connectivity index (χ2n) is 6.81. The Bertz CT molecular complexity index is 767. The molecule has 1 saturated carbocycles. The number of hydrogen-bond donors (Lipinski definition) is 1. The van der Waals surface area contributed by atoms with Crippen LogP contribution < -0.4 is 10.1 Å². The van der Waals surface area contributed by atoms with Crippen molar-refractivity contribution in [1.82, 2.24) is 0 Å². The Hall–Kier alpha value is -2.54. The van der Waals surface area contributed by atoms with Gasteiger partial charge in [-0.05, 0) is 67.6 Å². The van der Waals surface area contributed by atoms with Crippen LogP contribution >= 0.6 is 0 Å². The van der Waals surface area contributed by atoms with E-state index in [1.54, 1.807) is 36.4 Å². The standard InChI is InChI=1S/C21H22F3NO3/c22-21(23,24)14-27-13-15-5-7-16(8-6-15)20(26)25-17-9-11-19(12-10-17)28-18-3-1-2-4-18/h5-12,18H,1-4,13-14H2,(H,25,26). The van der Waals surface area contributed by atoms with Crippen molar-refractivity contribution in [2.45, 2.75) is 44.6 Å². The third-order valence-electron chi connectivity index (χ3n) is 4.47. The molecule has 0 unspecified atom stereocenters. The van der Waals surface area contributed by atoms with Gasteiger partial charge in [0.1, 0.15) is 12.4 Å². The Labute approximate surface area is 161 Å². The van der Waals surface area contributed by atoms with Crippen LogP contribution in [0.5, 0.6) is 5.75 Å². The summed E-state index contributed by atoms with van der Waals surface area (Å²) in [6.45, 7) is -1.46. The first-order chi connectivity index (χ1) is 13.4. The Balaban J connectivity index is 1.49. The molecule has 0 aromatic heterocycles. The van der Waals surface area contributed by atoms with Crippen LogP contribution in [0.15, 0.2) is 48.5 Å². The lowest BCUT2D eigenvalue weighted by Crippen LogP contribution is -2.16. The molecule has 2 aromatic carbocycles. The van der Waals surface area contributed by atoms with E-state index >= 15 is 0 Å². The van der Waals surface area contributed by atoms with E-state index < -0.39 is 12.8 Å². The highest BCUT2D eigenvalue weighted by Gasteiger charge is 2.27. The number of hydrogen-bond acceptors (Lipinski definition) is 3. The minimum atomic E-state index is -4.35. The van der Waals surface area contributed by atoms with Crippen molar-refractivity contribution in [2.24, 2.45) is 0 Å². The smallest absolute Gasteiger partial charge is 0.411 e. The van der Waals surface area contributed by atoms with Gasteiger partial charge in [-0.25, -0.2) is 0 Å². The molecule has 150 valence electrons. The molecule has 1 fully saturated rings. The van der Waals surface area contributed by atoms with Crippen LogP contribution in [0.3, 0.4) is 0 Å². The van der Waals surface area contributed by atoms with Crippen molar-refractivity contribution < 1.29 is 27.4 Å². The van der Waals surface area contributed by atoms with Crippen molar-refractivity contribution in [3.8, 4) is 5.75 Å². The van der Waals surface area contributed by atoms with Crippen molar-refractivity contribution in [3.05, 3.63) is 59.7 Å². The molecule has 0 aliphatic heterocycles. The Kier molecular flexibility index (Phi) is 6.57. The third-order valence-corrected chi connectivity index (χ3v) is 4.47. The van der Waals surface area contributed by atoms with Gasteiger partial charge >= 0.3 is 6.18 Å². The van der Waals surface area contributed by atoms with Crippen molar-refractivity contribution in [3.63, 3.8) is 0 Å². The summed E-state index contributed by atoms with van der Waals surface area (Å²) in [7, 11) is 0. The summed E-state index contributed by atoms with van der Waals surface area (Å²) in [5.74, 6) is 0.486. The summed E-state index contributed by atoms with van der Waals surface area (Å²) >= 11 is 0. The second kappa shape index (κ2) is 9.10. The zero-order chi connectivity index (χ0) is 20.0. The van der Waals surface area contributed by atoms with Crippen LogP contribution in [-0.4, -0.2) is 24.8 Å². The van der Waals surface area contributed by atoms with Gasteiger partial charge in [0, 0.05) is 11.3 Å². The van der Waals surface area contributed by atoms with Crippen molar-refractivity contribution in [2.75, 3.05) is 11.9 Å². The number of carbonyl (C=O) groups is 1. The average Bonchev–Trinajstić information content (AvgIpc) is 3.16. The van der Waals surface area contributed by atoms with Gasteiger partial charge in [0.2, 0.25) is 0 Å². The summed E-state index contributed by atoms with van der Waals surface area (Å²) in [6.07, 6.45) is 0.486. The van der Waals surface area contributed by atoms with Gasteiger partial charge in [0.15, 0.2) is 0 Å². The topological polar surface area (TPSA) is 47.6 Å². The summed E-state index contributed by atoms with van der Waals surface area (Å²) in [4.78, 5) is 12.3. The number of halogens is 3. The van der Waals surface area contributed by atoms with Gasteiger partial charge in [-0.2, -0.15) is 13.2 Å². The molecule has 3 rings (SSSR count). The largest absolute Gasteiger partial charge is 0.490 e. The predicted molar refractivity (Wildman–Crippen MR) is 99.4 cm³/mol. The monoisotopic (exact) mass is 393 g/mol. The maximum absolute atomic E-state index is 12.3. The van der Waals surface area contributed by atoms with Gasteiger partial charge < -0.3 is 14.8 Å². The molecule has 0 bridgehead atoms. The van der Waals surface area contributed by atoms with E-state index in [0.29, 0.717) is 16.8 Å². The molecule has 28 heavy (non-hydrogen) atoms. The van der Waals surface area contributed by atoms with Crippen LogP contribution in [-0.2, 0) is 11.3 Å². The van der Waals surface area contributed by atoms with Crippen molar-refractivity contribution >= 4 is 11.6 Å². The lowest BCUT2D eigenvalue weighted by Gasteiger charge is -2.13. The quantitative estimate of drug-likeness (QED) is 0.691. The molecule has 0 spiro atoms. The second-order valence-corrected chi connectivity index (χ2v) is 6.81. The summed E-state index contributed by atoms with van der Waals surface area (Å²) < 4.78 is 46.7. The summed E-state index contributed by atoms with van der Waals surface area (Å²) in [6, 6.07) is 13.5. The zero-order valence-corrected chi connectivity index (χ0v) is 15.3. The van der Waals surface area contributed by atoms with Crippen LogP contribution in [0.1, 0.15) is 41.6 Å². The number of ether oxygens (including phenoxy) is 2. The SMILES string of the molecule is O=C(Nc1ccc(OC2CCCC2)cc1)c1ccc(COCC(F)(F)F)cc1. The molecule has 1 amide bonds. The van der Waals surface area contributed by atoms with Crippen LogP contribution in [0.25, 0.3) is 0 Å². The Morgan fingerprint density at radius 3 is 2.25 bits per heavy atom. The van der Waals surface area contributed by atoms with Crippen molar-refractivity contribution in [1.29, 1.82) is 0 Å². The minimum absolute atomic E-state index is 0.163. The highest BCUT2D eigenvalue weighted by Crippen LogP contribution is 2.25. The molecule has 0 heterocycles. The maximum atomic E-state index is 12.3. The van der Waals surface area contributed by atoms with E-state index in [1.165, 1.54) is 12.8 Å². The molecule has 4 nitrogen and oxygen atoms in total. The lowest BCUT2D eigenvalue weighted by molar-refractivity contribution is -0.176. The van der Waals surface area contributed by atoms with Gasteiger partial charge in [-0.1, -0.05) is 12.1 Å². The Morgan fingerprint density at radius 1 is 1.00 bits per heavy atom. The normalized spacial score (nSPS) is 14.8. The number of nitrogens with one attached hydrogen (secondary N) is 1. The fourth-order valence-corrected chi connectivity index (χ4v) is 3.06. The number of benzene rings is 2. The van der Waals surface area contributed by atoms with Gasteiger partial charge in [0.05, 0.1) is 12.7 Å². The first-order valence-corrected chi connectivity index (χ1v) is 9.20. The summed E-state index contributed by atoms with van der Waals surface area (Å²) in [5, 5.41) is 2.79. The fourth-order valence-electron chi connectivity index (χ4n) is 3.06. The lowest BCUT2D eigenvalue weighted by atomic mass is 10.1. The number of rotatable bonds is 7. The fraction of sp³-hybridized carbons (Fsp3) is 0.381. The highest BCUT2D eigenvalue weighted by molar-refractivity contribution is 6.04. The molecule has 1 N–H and O–H groups in total. The molecular weight excluding hydrogens is 371 g/mol. The van der Waals surface area contributed by atoms with Crippen LogP contribution in [0, 0.1) is 0 Å². The molecule has 1 aliphatic carbocycles. The molecule has 2 aromatic rings. The molecule has 0 atom stereocenters. The Morgan fingerprint density at radius 2 is 1.64 bits per heavy atom. The van der Waals surface area contributed by atoms with E-state index in [9.17, 15) is 18.0 Å². The van der Waals surface area contributed by atoms with Gasteiger partial charge in [0.25, 0.3) is 5.91 Å². The number of anilines is 1. The number of amides is 1. The first-order valence-electron chi connectivity index (χ1n) is 9.20. The van der Waals surface area contributed by atoms with E-state index in [4.69, 9.17) is 4.74 Å². The predicted octanol–water partition coefficient (Wildman–Crippen LogP) is 5.34. The van der Waals surface area contributed by atoms with Crippen LogP contribution in [0.2, 0.25) is 0 Å².